The van der Waals surface area contributed by atoms with Crippen molar-refractivity contribution < 1.29 is 126 Å². The number of carbonyl (C=O) groups is 6. The number of methoxy groups -OCH3 is 3. The zero-order chi connectivity index (χ0) is 75.1. The number of hydrogen-bond acceptors (Lipinski definition) is 28. The second-order valence-electron chi connectivity index (χ2n) is 19.5. The standard InChI is InChI=1S/C11H13NO5.C11H13NO4.C10H10FNO5.2C9H8FNO5.C8H6FNO4.CH4/c1-5-6(2)10(14)11(17-4)8(7(3)13)9(5)12(15)16;1-5-6(2)11(14)7(3)9(8(4)13)10(5)12(15)16;1-4-9(14)7(11)6(5(2)13)8(12(15)16)10(4)17-3;1-4(13)7-6(11(15)16)2-5(3-12)9(14)8(7)10;1-4-3-5(11(14)15)6(9(13)16-2)7(10)8(4)12;1-4(11)5-2-8(12)6(9)3-7(5)10(13)14;/h14H,1-4H3;14H,1-4H3;14H,1-3H3;2,12,14H,3H2,1H3;3,12H,1-2H3;2-3,12H,1H3;1H4. The molecule has 0 atom stereocenters. The number of ketones is 5. The number of aryl methyl sites for hydroxylation is 1. The molecule has 7 N–H and O–H groups in total. The Morgan fingerprint density at radius 1 is 0.412 bits per heavy atom. The normalized spacial score (nSPS) is 9.98. The number of rotatable bonds is 15. The molecule has 0 spiro atoms. The molecule has 6 aromatic rings. The molecule has 524 valence electrons. The highest BCUT2D eigenvalue weighted by Gasteiger charge is 2.35. The number of phenols is 6. The quantitative estimate of drug-likeness (QED) is 0.0165. The first-order valence-electron chi connectivity index (χ1n) is 26.2. The minimum atomic E-state index is -1.38. The van der Waals surface area contributed by atoms with Crippen molar-refractivity contribution in [2.75, 3.05) is 21.3 Å². The predicted molar refractivity (Wildman–Crippen MR) is 329 cm³/mol. The van der Waals surface area contributed by atoms with E-state index in [1.54, 1.807) is 6.92 Å². The van der Waals surface area contributed by atoms with Crippen molar-refractivity contribution in [2.45, 2.75) is 97.1 Å². The van der Waals surface area contributed by atoms with Gasteiger partial charge in [-0.05, 0) is 83.1 Å². The first-order chi connectivity index (χ1) is 44.2. The number of phenolic OH excluding ortho intramolecular Hbond substituents is 5. The average molecular weight is 1380 g/mol. The summed E-state index contributed by atoms with van der Waals surface area (Å²) in [7, 11) is 3.35. The average Bonchev–Trinajstić information content (AvgIpc) is 0.737. The molecule has 6 rings (SSSR count). The highest BCUT2D eigenvalue weighted by molar-refractivity contribution is 6.04. The number of nitro groups is 6. The number of esters is 1. The summed E-state index contributed by atoms with van der Waals surface area (Å²) in [5.41, 5.74) is -5.28. The van der Waals surface area contributed by atoms with Crippen molar-refractivity contribution in [3.05, 3.63) is 186 Å². The van der Waals surface area contributed by atoms with Gasteiger partial charge in [0.25, 0.3) is 28.4 Å². The van der Waals surface area contributed by atoms with Crippen LogP contribution in [0.5, 0.6) is 46.0 Å². The minimum absolute atomic E-state index is 0. The Morgan fingerprint density at radius 3 is 1.18 bits per heavy atom. The van der Waals surface area contributed by atoms with E-state index in [4.69, 9.17) is 19.7 Å². The summed E-state index contributed by atoms with van der Waals surface area (Å²) in [6, 6.07) is 2.95. The molecule has 0 unspecified atom stereocenters. The fraction of sp³-hybridized carbons (Fsp3) is 0.288. The van der Waals surface area contributed by atoms with Crippen molar-refractivity contribution in [1.29, 1.82) is 0 Å². The van der Waals surface area contributed by atoms with Gasteiger partial charge in [-0.25, -0.2) is 22.4 Å². The van der Waals surface area contributed by atoms with Gasteiger partial charge in [-0.15, -0.1) is 0 Å². The fourth-order valence-corrected chi connectivity index (χ4v) is 8.45. The van der Waals surface area contributed by atoms with Crippen LogP contribution < -0.4 is 9.47 Å². The smallest absolute Gasteiger partial charge is 0.348 e. The van der Waals surface area contributed by atoms with Gasteiger partial charge < -0.3 is 50.0 Å². The Balaban J connectivity index is 0.00000114. The van der Waals surface area contributed by atoms with E-state index < -0.39 is 157 Å². The van der Waals surface area contributed by atoms with Crippen LogP contribution in [-0.4, -0.2) is 122 Å². The number of ether oxygens (including phenoxy) is 3. The van der Waals surface area contributed by atoms with E-state index in [-0.39, 0.29) is 86.3 Å². The first-order valence-corrected chi connectivity index (χ1v) is 26.2. The Hall–Kier alpha value is -12.4. The van der Waals surface area contributed by atoms with E-state index >= 15 is 0 Å². The monoisotopic (exact) mass is 1380 g/mol. The van der Waals surface area contributed by atoms with Crippen LogP contribution in [0.2, 0.25) is 0 Å². The lowest BCUT2D eigenvalue weighted by atomic mass is 9.94. The van der Waals surface area contributed by atoms with Crippen molar-refractivity contribution in [2.24, 2.45) is 0 Å². The molecular formula is C59H62F4N6O28. The van der Waals surface area contributed by atoms with Gasteiger partial charge in [0.1, 0.15) is 28.0 Å². The zero-order valence-corrected chi connectivity index (χ0v) is 52.9. The molecular weight excluding hydrogens is 1320 g/mol. The maximum atomic E-state index is 13.6. The van der Waals surface area contributed by atoms with Crippen LogP contribution in [0.25, 0.3) is 0 Å². The molecule has 6 aromatic carbocycles. The number of aromatic hydroxyl groups is 6. The van der Waals surface area contributed by atoms with Crippen LogP contribution in [0.1, 0.15) is 149 Å². The molecule has 0 heterocycles. The van der Waals surface area contributed by atoms with Gasteiger partial charge >= 0.3 is 11.7 Å². The summed E-state index contributed by atoms with van der Waals surface area (Å²) in [6.07, 6.45) is 0. The van der Waals surface area contributed by atoms with Gasteiger partial charge in [0, 0.05) is 62.7 Å². The number of nitro benzene ring substituents is 6. The van der Waals surface area contributed by atoms with E-state index in [1.165, 1.54) is 62.5 Å². The second-order valence-corrected chi connectivity index (χ2v) is 19.5. The molecule has 0 aromatic heterocycles. The number of halogens is 4. The number of Topliss-reactive ketones (excluding diaryl/α,β-unsaturated/α-hetero) is 5. The minimum Gasteiger partial charge on any atom is -0.507 e. The van der Waals surface area contributed by atoms with E-state index in [2.05, 4.69) is 4.74 Å². The van der Waals surface area contributed by atoms with Gasteiger partial charge in [-0.1, -0.05) is 7.43 Å². The van der Waals surface area contributed by atoms with Crippen LogP contribution in [-0.2, 0) is 11.3 Å². The van der Waals surface area contributed by atoms with Crippen molar-refractivity contribution in [3.63, 3.8) is 0 Å². The molecule has 97 heavy (non-hydrogen) atoms. The Bertz CT molecular complexity index is 4070. The van der Waals surface area contributed by atoms with Crippen LogP contribution in [0, 0.1) is 132 Å². The van der Waals surface area contributed by atoms with Gasteiger partial charge in [-0.3, -0.25) is 84.7 Å². The summed E-state index contributed by atoms with van der Waals surface area (Å²) in [5.74, 6) is -13.7. The molecule has 34 nitrogen and oxygen atoms in total. The van der Waals surface area contributed by atoms with Crippen molar-refractivity contribution in [3.8, 4) is 46.0 Å². The van der Waals surface area contributed by atoms with Gasteiger partial charge in [-0.2, -0.15) is 0 Å². The van der Waals surface area contributed by atoms with Crippen LogP contribution in [0.3, 0.4) is 0 Å². The number of benzene rings is 6. The zero-order valence-electron chi connectivity index (χ0n) is 52.9. The topological polar surface area (TPSA) is 531 Å². The number of nitrogens with zero attached hydrogens (tertiary/aromatic N) is 6. The molecule has 0 saturated carbocycles. The maximum absolute atomic E-state index is 13.6. The molecule has 0 radical (unpaired) electrons. The summed E-state index contributed by atoms with van der Waals surface area (Å²) < 4.78 is 67.1. The SMILES string of the molecule is C.CC(=O)c1c(C)c(O)c(C)c(C)c1[N+](=O)[O-].CC(=O)c1c([N+](=O)[O-])cc(CO)c(O)c1F.CC(=O)c1cc(O)c(F)cc1[N+](=O)[O-].COC(=O)c1c([N+](=O)[O-])cc(C)c(O)c1F.COc1c(C)c(O)c(F)c(C(C)=O)c1[N+](=O)[O-].COc1c(O)c(C)c(C)c([N+](=O)[O-])c1C(C)=O. The first kappa shape index (κ1) is 84.6. The molecule has 0 fully saturated rings. The highest BCUT2D eigenvalue weighted by Crippen LogP contribution is 2.44. The summed E-state index contributed by atoms with van der Waals surface area (Å²) in [5, 5.41) is 129. The van der Waals surface area contributed by atoms with E-state index in [0.29, 0.717) is 22.8 Å². The van der Waals surface area contributed by atoms with Crippen LogP contribution in [0.4, 0.5) is 51.7 Å². The summed E-state index contributed by atoms with van der Waals surface area (Å²) in [6.45, 7) is 14.9. The van der Waals surface area contributed by atoms with Crippen molar-refractivity contribution >= 4 is 69.0 Å². The maximum Gasteiger partial charge on any atom is 0.348 e. The molecule has 0 amide bonds. The molecule has 0 aliphatic rings. The largest absolute Gasteiger partial charge is 0.507 e. The number of aliphatic hydroxyl groups is 1. The number of hydrogen-bond donors (Lipinski definition) is 7. The van der Waals surface area contributed by atoms with Gasteiger partial charge in [0.05, 0.1) is 69.1 Å². The number of aliphatic hydroxyl groups excluding tert-OH is 1. The van der Waals surface area contributed by atoms with Crippen molar-refractivity contribution in [1.82, 2.24) is 0 Å². The van der Waals surface area contributed by atoms with Gasteiger partial charge in [0.15, 0.2) is 92.2 Å². The lowest BCUT2D eigenvalue weighted by molar-refractivity contribution is -0.386. The Kier molecular flexibility index (Phi) is 30.6. The number of carbonyl (C=O) groups excluding carboxylic acids is 6. The second kappa shape index (κ2) is 35.0. The van der Waals surface area contributed by atoms with E-state index in [9.17, 15) is 133 Å². The summed E-state index contributed by atoms with van der Waals surface area (Å²) in [4.78, 5) is 127. The van der Waals surface area contributed by atoms with Crippen LogP contribution >= 0.6 is 0 Å². The fourth-order valence-electron chi connectivity index (χ4n) is 8.45. The summed E-state index contributed by atoms with van der Waals surface area (Å²) >= 11 is 0. The predicted octanol–water partition coefficient (Wildman–Crippen LogP) is 11.5. The molecule has 0 aliphatic carbocycles. The molecule has 0 saturated heterocycles. The third kappa shape index (κ3) is 18.9. The third-order valence-corrected chi connectivity index (χ3v) is 13.4. The molecule has 38 heteroatoms. The molecule has 0 bridgehead atoms. The van der Waals surface area contributed by atoms with E-state index in [0.717, 1.165) is 53.2 Å². The van der Waals surface area contributed by atoms with E-state index in [1.807, 2.05) is 0 Å². The van der Waals surface area contributed by atoms with Crippen LogP contribution in [0.15, 0.2) is 24.3 Å². The third-order valence-electron chi connectivity index (χ3n) is 13.4. The Labute approximate surface area is 544 Å². The van der Waals surface area contributed by atoms with Gasteiger partial charge in [0.2, 0.25) is 5.75 Å². The Morgan fingerprint density at radius 2 is 0.804 bits per heavy atom. The molecule has 0 aliphatic heterocycles. The lowest BCUT2D eigenvalue weighted by Gasteiger charge is -2.13. The highest BCUT2D eigenvalue weighted by atomic mass is 19.1. The lowest BCUT2D eigenvalue weighted by Crippen LogP contribution is -2.09.